The van der Waals surface area contributed by atoms with Crippen molar-refractivity contribution in [2.75, 3.05) is 5.32 Å². The number of aryl methyl sites for hydroxylation is 1. The zero-order chi connectivity index (χ0) is 14.3. The van der Waals surface area contributed by atoms with Crippen molar-refractivity contribution >= 4 is 23.0 Å². The van der Waals surface area contributed by atoms with Gasteiger partial charge < -0.3 is 10.1 Å². The number of anilines is 2. The lowest BCUT2D eigenvalue weighted by Crippen LogP contribution is -2.08. The van der Waals surface area contributed by atoms with Gasteiger partial charge in [-0.3, -0.25) is 10.1 Å². The second kappa shape index (κ2) is 4.34. The summed E-state index contributed by atoms with van der Waals surface area (Å²) in [6.45, 7) is 1.92. The van der Waals surface area contributed by atoms with Crippen LogP contribution in [0.1, 0.15) is 15.9 Å². The van der Waals surface area contributed by atoms with Crippen LogP contribution in [-0.4, -0.2) is 10.9 Å². The van der Waals surface area contributed by atoms with Crippen LogP contribution in [0, 0.1) is 17.0 Å². The summed E-state index contributed by atoms with van der Waals surface area (Å²) < 4.78 is 5.25. The molecule has 100 valence electrons. The first-order valence-corrected chi connectivity index (χ1v) is 5.93. The predicted octanol–water partition coefficient (Wildman–Crippen LogP) is 3.18. The number of non-ortho nitro benzene ring substituents is 1. The van der Waals surface area contributed by atoms with Crippen LogP contribution < -0.4 is 10.1 Å². The van der Waals surface area contributed by atoms with E-state index in [2.05, 4.69) is 5.32 Å². The molecule has 3 rings (SSSR count). The number of esters is 1. The first-order chi connectivity index (χ1) is 9.54. The molecule has 1 aliphatic heterocycles. The van der Waals surface area contributed by atoms with Gasteiger partial charge >= 0.3 is 5.97 Å². The fraction of sp³-hybridized carbons (Fsp3) is 0.0714. The SMILES string of the molecule is Cc1ccc2c(c1)Nc1ccc([N+](=O)[O-])cc1C(=O)O2. The van der Waals surface area contributed by atoms with Gasteiger partial charge in [-0.25, -0.2) is 4.79 Å². The molecule has 1 heterocycles. The van der Waals surface area contributed by atoms with Crippen LogP contribution >= 0.6 is 0 Å². The minimum absolute atomic E-state index is 0.146. The van der Waals surface area contributed by atoms with E-state index in [4.69, 9.17) is 4.74 Å². The van der Waals surface area contributed by atoms with E-state index < -0.39 is 10.9 Å². The molecule has 2 aromatic rings. The number of carbonyl (C=O) groups is 1. The van der Waals surface area contributed by atoms with E-state index in [0.29, 0.717) is 17.1 Å². The summed E-state index contributed by atoms with van der Waals surface area (Å²) >= 11 is 0. The summed E-state index contributed by atoms with van der Waals surface area (Å²) in [4.78, 5) is 22.3. The van der Waals surface area contributed by atoms with E-state index in [0.717, 1.165) is 5.56 Å². The zero-order valence-corrected chi connectivity index (χ0v) is 10.5. The number of hydrogen-bond donors (Lipinski definition) is 1. The maximum atomic E-state index is 12.0. The van der Waals surface area contributed by atoms with E-state index >= 15 is 0 Å². The standard InChI is InChI=1S/C14H10N2O4/c1-8-2-5-13-12(6-8)15-11-4-3-9(16(18)19)7-10(11)14(17)20-13/h2-7,15H,1H3. The van der Waals surface area contributed by atoms with Gasteiger partial charge in [-0.15, -0.1) is 0 Å². The van der Waals surface area contributed by atoms with Gasteiger partial charge in [-0.1, -0.05) is 6.07 Å². The minimum atomic E-state index is -0.612. The largest absolute Gasteiger partial charge is 0.421 e. The molecule has 1 aliphatic rings. The molecule has 0 saturated carbocycles. The molecule has 0 atom stereocenters. The van der Waals surface area contributed by atoms with Crippen LogP contribution in [0.15, 0.2) is 36.4 Å². The van der Waals surface area contributed by atoms with E-state index in [1.165, 1.54) is 18.2 Å². The molecule has 0 amide bonds. The van der Waals surface area contributed by atoms with Crippen LogP contribution in [0.25, 0.3) is 0 Å². The third-order valence-corrected chi connectivity index (χ3v) is 3.04. The van der Waals surface area contributed by atoms with E-state index in [-0.39, 0.29) is 11.3 Å². The molecule has 0 bridgehead atoms. The number of nitrogens with one attached hydrogen (secondary N) is 1. The maximum Gasteiger partial charge on any atom is 0.345 e. The summed E-state index contributed by atoms with van der Waals surface area (Å²) in [5, 5.41) is 13.8. The fourth-order valence-electron chi connectivity index (χ4n) is 2.05. The molecule has 20 heavy (non-hydrogen) atoms. The van der Waals surface area contributed by atoms with Gasteiger partial charge in [0.1, 0.15) is 0 Å². The summed E-state index contributed by atoms with van der Waals surface area (Å²) in [5.41, 5.74) is 2.16. The topological polar surface area (TPSA) is 81.5 Å². The molecule has 0 unspecified atom stereocenters. The lowest BCUT2D eigenvalue weighted by Gasteiger charge is -2.07. The summed E-state index contributed by atoms with van der Waals surface area (Å²) in [5.74, 6) is -0.210. The van der Waals surface area contributed by atoms with Crippen molar-refractivity contribution in [1.82, 2.24) is 0 Å². The van der Waals surface area contributed by atoms with Crippen LogP contribution in [-0.2, 0) is 0 Å². The van der Waals surface area contributed by atoms with Crippen LogP contribution in [0.3, 0.4) is 0 Å². The highest BCUT2D eigenvalue weighted by Gasteiger charge is 2.23. The molecular formula is C14H10N2O4. The molecule has 0 saturated heterocycles. The van der Waals surface area contributed by atoms with Gasteiger partial charge in [-0.05, 0) is 30.7 Å². The van der Waals surface area contributed by atoms with Crippen molar-refractivity contribution in [3.05, 3.63) is 57.6 Å². The predicted molar refractivity (Wildman–Crippen MR) is 72.5 cm³/mol. The fourth-order valence-corrected chi connectivity index (χ4v) is 2.05. The normalized spacial score (nSPS) is 12.6. The van der Waals surface area contributed by atoms with Gasteiger partial charge in [0.15, 0.2) is 5.75 Å². The Morgan fingerprint density at radius 3 is 2.70 bits per heavy atom. The number of carbonyl (C=O) groups excluding carboxylic acids is 1. The van der Waals surface area contributed by atoms with Crippen LogP contribution in [0.2, 0.25) is 0 Å². The summed E-state index contributed by atoms with van der Waals surface area (Å²) in [6, 6.07) is 9.43. The number of hydrogen-bond acceptors (Lipinski definition) is 5. The van der Waals surface area contributed by atoms with Gasteiger partial charge in [-0.2, -0.15) is 0 Å². The van der Waals surface area contributed by atoms with Gasteiger partial charge in [0.25, 0.3) is 5.69 Å². The third-order valence-electron chi connectivity index (χ3n) is 3.04. The molecule has 0 fully saturated rings. The highest BCUT2D eigenvalue weighted by atomic mass is 16.6. The molecule has 6 nitrogen and oxygen atoms in total. The summed E-state index contributed by atoms with van der Waals surface area (Å²) in [6.07, 6.45) is 0. The van der Waals surface area contributed by atoms with Gasteiger partial charge in [0.05, 0.1) is 21.9 Å². The average Bonchev–Trinajstić information content (AvgIpc) is 2.54. The lowest BCUT2D eigenvalue weighted by atomic mass is 10.1. The smallest absolute Gasteiger partial charge is 0.345 e. The van der Waals surface area contributed by atoms with E-state index in [1.54, 1.807) is 6.07 Å². The Hall–Kier alpha value is -2.89. The highest BCUT2D eigenvalue weighted by molar-refractivity contribution is 6.01. The quantitative estimate of drug-likeness (QED) is 0.372. The number of nitro groups is 1. The number of nitrogens with zero attached hydrogens (tertiary/aromatic N) is 1. The molecular weight excluding hydrogens is 260 g/mol. The molecule has 1 N–H and O–H groups in total. The second-order valence-corrected chi connectivity index (χ2v) is 4.50. The molecule has 2 aromatic carbocycles. The molecule has 6 heteroatoms. The summed E-state index contributed by atoms with van der Waals surface area (Å²) in [7, 11) is 0. The van der Waals surface area contributed by atoms with Crippen molar-refractivity contribution in [3.63, 3.8) is 0 Å². The zero-order valence-electron chi connectivity index (χ0n) is 10.5. The van der Waals surface area contributed by atoms with Crippen molar-refractivity contribution in [3.8, 4) is 5.75 Å². The minimum Gasteiger partial charge on any atom is -0.421 e. The highest BCUT2D eigenvalue weighted by Crippen LogP contribution is 2.35. The maximum absolute atomic E-state index is 12.0. The number of benzene rings is 2. The van der Waals surface area contributed by atoms with Crippen LogP contribution in [0.4, 0.5) is 17.1 Å². The third kappa shape index (κ3) is 1.97. The lowest BCUT2D eigenvalue weighted by molar-refractivity contribution is -0.384. The number of ether oxygens (including phenoxy) is 1. The van der Waals surface area contributed by atoms with Gasteiger partial charge in [0, 0.05) is 12.1 Å². The molecule has 0 spiro atoms. The van der Waals surface area contributed by atoms with Gasteiger partial charge in [0.2, 0.25) is 0 Å². The monoisotopic (exact) mass is 270 g/mol. The average molecular weight is 270 g/mol. The Kier molecular flexibility index (Phi) is 2.64. The van der Waals surface area contributed by atoms with Crippen molar-refractivity contribution < 1.29 is 14.5 Å². The Bertz CT molecular complexity index is 740. The molecule has 0 aromatic heterocycles. The van der Waals surface area contributed by atoms with Crippen molar-refractivity contribution in [1.29, 1.82) is 0 Å². The van der Waals surface area contributed by atoms with Crippen molar-refractivity contribution in [2.45, 2.75) is 6.92 Å². The molecule has 0 radical (unpaired) electrons. The Balaban J connectivity index is 2.13. The number of fused-ring (bicyclic) bond motifs is 2. The first kappa shape index (κ1) is 12.2. The van der Waals surface area contributed by atoms with E-state index in [1.807, 2.05) is 19.1 Å². The Morgan fingerprint density at radius 1 is 1.15 bits per heavy atom. The van der Waals surface area contributed by atoms with E-state index in [9.17, 15) is 14.9 Å². The Labute approximate surface area is 114 Å². The second-order valence-electron chi connectivity index (χ2n) is 4.50. The number of rotatable bonds is 1. The number of nitro benzene ring substituents is 1. The first-order valence-electron chi connectivity index (χ1n) is 5.93. The van der Waals surface area contributed by atoms with Crippen molar-refractivity contribution in [2.24, 2.45) is 0 Å². The molecule has 0 aliphatic carbocycles. The van der Waals surface area contributed by atoms with Crippen LogP contribution in [0.5, 0.6) is 5.75 Å². The Morgan fingerprint density at radius 2 is 1.95 bits per heavy atom.